The van der Waals surface area contributed by atoms with Crippen LogP contribution in [0.2, 0.25) is 0 Å². The first-order valence-corrected chi connectivity index (χ1v) is 18.9. The number of anilines is 2. The molecule has 2 fully saturated rings. The van der Waals surface area contributed by atoms with Crippen molar-refractivity contribution in [2.24, 2.45) is 14.1 Å². The number of rotatable bonds is 7. The van der Waals surface area contributed by atoms with Crippen molar-refractivity contribution in [1.82, 2.24) is 29.0 Å². The molecule has 55 heavy (non-hydrogen) atoms. The molecule has 0 spiro atoms. The van der Waals surface area contributed by atoms with Crippen molar-refractivity contribution in [3.05, 3.63) is 107 Å². The number of aromatic nitrogens is 3. The summed E-state index contributed by atoms with van der Waals surface area (Å²) in [6.07, 6.45) is 4.16. The molecule has 0 radical (unpaired) electrons. The maximum Gasteiger partial charge on any atom is 0.264 e. The van der Waals surface area contributed by atoms with Gasteiger partial charge in [0.05, 0.1) is 36.2 Å². The molecule has 2 saturated heterocycles. The number of morpholine rings is 1. The molecule has 2 amide bonds. The van der Waals surface area contributed by atoms with Crippen LogP contribution in [0.25, 0.3) is 11.3 Å². The third-order valence-electron chi connectivity index (χ3n) is 11.7. The van der Waals surface area contributed by atoms with Gasteiger partial charge in [-0.2, -0.15) is 5.10 Å². The van der Waals surface area contributed by atoms with Crippen molar-refractivity contribution in [2.45, 2.75) is 32.0 Å². The first-order chi connectivity index (χ1) is 26.7. The molecule has 284 valence electrons. The molecule has 1 N–H and O–H groups in total. The van der Waals surface area contributed by atoms with Gasteiger partial charge < -0.3 is 28.8 Å². The smallest absolute Gasteiger partial charge is 0.264 e. The van der Waals surface area contributed by atoms with Crippen LogP contribution in [0.3, 0.4) is 0 Å². The average molecular weight is 744 g/mol. The largest absolute Gasteiger partial charge is 0.508 e. The van der Waals surface area contributed by atoms with Crippen molar-refractivity contribution >= 4 is 23.2 Å². The zero-order valence-corrected chi connectivity index (χ0v) is 31.4. The quantitative estimate of drug-likeness (QED) is 0.253. The highest BCUT2D eigenvalue weighted by molar-refractivity contribution is 6.12. The highest BCUT2D eigenvalue weighted by atomic mass is 16.7. The lowest BCUT2D eigenvalue weighted by atomic mass is 9.91. The first kappa shape index (κ1) is 35.1. The van der Waals surface area contributed by atoms with E-state index >= 15 is 4.79 Å². The van der Waals surface area contributed by atoms with Crippen LogP contribution in [0, 0.1) is 6.92 Å². The van der Waals surface area contributed by atoms with Crippen LogP contribution >= 0.6 is 0 Å². The monoisotopic (exact) mass is 743 g/mol. The number of hydrogen-bond donors (Lipinski definition) is 1. The number of aryl methyl sites for hydroxylation is 1. The fraction of sp³-hybridized carbons (Fsp3) is 0.357. The molecular weight excluding hydrogens is 699 g/mol. The Morgan fingerprint density at radius 3 is 2.49 bits per heavy atom. The van der Waals surface area contributed by atoms with E-state index in [2.05, 4.69) is 33.1 Å². The van der Waals surface area contributed by atoms with Gasteiger partial charge in [-0.3, -0.25) is 29.0 Å². The van der Waals surface area contributed by atoms with Crippen molar-refractivity contribution in [2.75, 3.05) is 57.6 Å². The van der Waals surface area contributed by atoms with Crippen LogP contribution < -0.4 is 14.4 Å². The zero-order chi connectivity index (χ0) is 37.8. The van der Waals surface area contributed by atoms with E-state index in [-0.39, 0.29) is 30.4 Å². The van der Waals surface area contributed by atoms with Crippen molar-refractivity contribution < 1.29 is 28.9 Å². The summed E-state index contributed by atoms with van der Waals surface area (Å²) in [6, 6.07) is 20.7. The first-order valence-electron chi connectivity index (χ1n) is 18.9. The fourth-order valence-corrected chi connectivity index (χ4v) is 8.55. The second kappa shape index (κ2) is 14.2. The Morgan fingerprint density at radius 2 is 1.71 bits per heavy atom. The van der Waals surface area contributed by atoms with E-state index in [1.807, 2.05) is 41.6 Å². The molecule has 13 nitrogen and oxygen atoms in total. The third kappa shape index (κ3) is 6.51. The molecule has 0 bridgehead atoms. The summed E-state index contributed by atoms with van der Waals surface area (Å²) < 4.78 is 21.1. The van der Waals surface area contributed by atoms with Gasteiger partial charge in [0.1, 0.15) is 5.75 Å². The van der Waals surface area contributed by atoms with Crippen molar-refractivity contribution in [1.29, 1.82) is 0 Å². The molecular formula is C42H45N7O6. The molecule has 13 heteroatoms. The molecule has 4 aliphatic rings. The fourth-order valence-electron chi connectivity index (χ4n) is 8.55. The van der Waals surface area contributed by atoms with Gasteiger partial charge in [0, 0.05) is 94.3 Å². The van der Waals surface area contributed by atoms with E-state index in [4.69, 9.17) is 14.2 Å². The molecule has 3 aromatic carbocycles. The van der Waals surface area contributed by atoms with Crippen molar-refractivity contribution in [3.63, 3.8) is 0 Å². The summed E-state index contributed by atoms with van der Waals surface area (Å²) in [5, 5.41) is 14.3. The molecule has 5 aromatic rings. The second-order valence-corrected chi connectivity index (χ2v) is 15.0. The molecule has 9 rings (SSSR count). The van der Waals surface area contributed by atoms with Gasteiger partial charge in [0.15, 0.2) is 11.5 Å². The van der Waals surface area contributed by atoms with E-state index < -0.39 is 0 Å². The predicted molar refractivity (Wildman–Crippen MR) is 206 cm³/mol. The Kier molecular flexibility index (Phi) is 9.07. The summed E-state index contributed by atoms with van der Waals surface area (Å²) in [7, 11) is 3.70. The number of fused-ring (bicyclic) bond motifs is 3. The maximum atomic E-state index is 15.2. The van der Waals surface area contributed by atoms with Gasteiger partial charge in [-0.15, -0.1) is 0 Å². The summed E-state index contributed by atoms with van der Waals surface area (Å²) in [5.41, 5.74) is 6.59. The van der Waals surface area contributed by atoms with Crippen LogP contribution in [0.1, 0.15) is 37.5 Å². The Morgan fingerprint density at radius 1 is 0.927 bits per heavy atom. The second-order valence-electron chi connectivity index (χ2n) is 15.0. The molecule has 2 aromatic heterocycles. The number of piperazine rings is 1. The van der Waals surface area contributed by atoms with Gasteiger partial charge in [0.25, 0.3) is 11.8 Å². The predicted octanol–water partition coefficient (Wildman–Crippen LogP) is 4.73. The van der Waals surface area contributed by atoms with E-state index in [0.717, 1.165) is 63.6 Å². The lowest BCUT2D eigenvalue weighted by Gasteiger charge is -2.46. The highest BCUT2D eigenvalue weighted by Gasteiger charge is 2.37. The number of amides is 2. The van der Waals surface area contributed by atoms with Crippen LogP contribution in [0.15, 0.2) is 79.1 Å². The van der Waals surface area contributed by atoms with Crippen LogP contribution in [-0.2, 0) is 31.8 Å². The number of nitrogens with zero attached hydrogens (tertiary/aromatic N) is 7. The van der Waals surface area contributed by atoms with E-state index in [1.165, 1.54) is 5.56 Å². The number of benzene rings is 3. The van der Waals surface area contributed by atoms with Crippen LogP contribution in [0.5, 0.6) is 17.2 Å². The maximum absolute atomic E-state index is 15.2. The lowest BCUT2D eigenvalue weighted by molar-refractivity contribution is -0.0485. The van der Waals surface area contributed by atoms with Gasteiger partial charge in [0.2, 0.25) is 6.79 Å². The number of phenols is 1. The van der Waals surface area contributed by atoms with Crippen LogP contribution in [-0.4, -0.2) is 111 Å². The van der Waals surface area contributed by atoms with Gasteiger partial charge in [-0.05, 0) is 66.9 Å². The minimum Gasteiger partial charge on any atom is -0.508 e. The topological polar surface area (TPSA) is 118 Å². The Hall–Kier alpha value is -5.63. The van der Waals surface area contributed by atoms with E-state index in [9.17, 15) is 9.90 Å². The Bertz CT molecular complexity index is 2260. The average Bonchev–Trinajstić information content (AvgIpc) is 3.93. The highest BCUT2D eigenvalue weighted by Crippen LogP contribution is 2.42. The summed E-state index contributed by atoms with van der Waals surface area (Å²) in [5.74, 6) is 0.795. The SMILES string of the molecule is Cc1c(C(=O)N(c2ccc(O)cc2)c2cnn(C)c2)cc(-c2cc3c(cc2C(=O)N2Cc4ccccc4C[C@H]2CN2CCN4CCOC[C@@H]4C2)OCO3)n1C. The van der Waals surface area contributed by atoms with Gasteiger partial charge in [-0.25, -0.2) is 0 Å². The third-order valence-corrected chi connectivity index (χ3v) is 11.7. The number of ether oxygens (including phenoxy) is 3. The number of carbonyl (C=O) groups is 2. The standard InChI is InChI=1S/C42H45N7O6/c1-27-35(42(52)49(32-20-43-44(2)22-32)30-8-10-34(50)11-9-30)17-38(45(27)3)36-18-39-40(55-26-54-39)19-37(36)41(51)48-21-29-7-5-4-6-28(29)16-31(48)23-46-12-13-47-14-15-53-25-33(47)24-46/h4-11,17-20,22,31,33,50H,12-16,21,23-26H2,1-3H3/t31-,33-/m0/s1. The number of phenolic OH excluding ortho intramolecular Hbond substituents is 1. The molecule has 2 atom stereocenters. The molecule has 6 heterocycles. The molecule has 0 unspecified atom stereocenters. The number of hydrogen-bond acceptors (Lipinski definition) is 9. The Balaban J connectivity index is 1.09. The molecule has 4 aliphatic heterocycles. The summed E-state index contributed by atoms with van der Waals surface area (Å²) >= 11 is 0. The van der Waals surface area contributed by atoms with E-state index in [0.29, 0.717) is 57.8 Å². The summed E-state index contributed by atoms with van der Waals surface area (Å²) in [6.45, 7) is 8.56. The van der Waals surface area contributed by atoms with Gasteiger partial charge in [-0.1, -0.05) is 24.3 Å². The van der Waals surface area contributed by atoms with E-state index in [1.54, 1.807) is 59.4 Å². The number of aromatic hydroxyl groups is 1. The normalized spacial score (nSPS) is 19.6. The number of carbonyl (C=O) groups excluding carboxylic acids is 2. The minimum atomic E-state index is -0.275. The lowest BCUT2D eigenvalue weighted by Crippen LogP contribution is -2.60. The molecule has 0 aliphatic carbocycles. The van der Waals surface area contributed by atoms with Crippen LogP contribution in [0.4, 0.5) is 11.4 Å². The van der Waals surface area contributed by atoms with Crippen molar-refractivity contribution in [3.8, 4) is 28.5 Å². The van der Waals surface area contributed by atoms with Gasteiger partial charge >= 0.3 is 0 Å². The Labute approximate surface area is 319 Å². The summed E-state index contributed by atoms with van der Waals surface area (Å²) in [4.78, 5) is 38.5. The minimum absolute atomic E-state index is 0.0534. The molecule has 0 saturated carbocycles. The zero-order valence-electron chi connectivity index (χ0n) is 31.4.